The molecule has 1 amide bonds. The van der Waals surface area contributed by atoms with Crippen molar-refractivity contribution in [3.05, 3.63) is 34.9 Å². The Labute approximate surface area is 125 Å². The van der Waals surface area contributed by atoms with Gasteiger partial charge in [-0.05, 0) is 48.8 Å². The zero-order chi connectivity index (χ0) is 15.8. The molecule has 1 saturated heterocycles. The number of halogens is 2. The van der Waals surface area contributed by atoms with Crippen LogP contribution in [0.3, 0.4) is 0 Å². The smallest absolute Gasteiger partial charge is 0.256 e. The van der Waals surface area contributed by atoms with Crippen molar-refractivity contribution in [1.29, 1.82) is 0 Å². The van der Waals surface area contributed by atoms with Crippen molar-refractivity contribution in [2.75, 3.05) is 13.1 Å². The fourth-order valence-corrected chi connectivity index (χ4v) is 3.03. The van der Waals surface area contributed by atoms with Crippen LogP contribution in [0, 0.1) is 29.9 Å². The van der Waals surface area contributed by atoms with E-state index in [2.05, 4.69) is 20.8 Å². The summed E-state index contributed by atoms with van der Waals surface area (Å²) in [4.78, 5) is 14.0. The van der Waals surface area contributed by atoms with E-state index in [-0.39, 0.29) is 16.5 Å². The molecular weight excluding hydrogens is 272 g/mol. The lowest BCUT2D eigenvalue weighted by Gasteiger charge is -2.23. The van der Waals surface area contributed by atoms with Gasteiger partial charge in [0.15, 0.2) is 0 Å². The second kappa shape index (κ2) is 5.74. The van der Waals surface area contributed by atoms with Gasteiger partial charge in [-0.15, -0.1) is 0 Å². The first-order valence-corrected chi connectivity index (χ1v) is 7.42. The Morgan fingerprint density at radius 3 is 2.57 bits per heavy atom. The lowest BCUT2D eigenvalue weighted by Crippen LogP contribution is -2.30. The molecule has 1 aliphatic rings. The molecular formula is C17H23F2NO. The fourth-order valence-electron chi connectivity index (χ4n) is 3.03. The van der Waals surface area contributed by atoms with Gasteiger partial charge < -0.3 is 4.90 Å². The van der Waals surface area contributed by atoms with Crippen molar-refractivity contribution in [2.45, 2.75) is 40.5 Å². The monoisotopic (exact) mass is 295 g/mol. The highest BCUT2D eigenvalue weighted by atomic mass is 19.1. The normalized spacial score (nSPS) is 19.1. The van der Waals surface area contributed by atoms with Crippen LogP contribution < -0.4 is 0 Å². The predicted molar refractivity (Wildman–Crippen MR) is 79.2 cm³/mol. The second-order valence-electron chi connectivity index (χ2n) is 7.25. The lowest BCUT2D eigenvalue weighted by molar-refractivity contribution is 0.0778. The molecule has 0 saturated carbocycles. The van der Waals surface area contributed by atoms with Crippen LogP contribution in [-0.2, 0) is 0 Å². The van der Waals surface area contributed by atoms with Gasteiger partial charge in [0.2, 0.25) is 0 Å². The molecule has 0 N–H and O–H groups in total. The van der Waals surface area contributed by atoms with Crippen LogP contribution >= 0.6 is 0 Å². The maximum atomic E-state index is 13.9. The van der Waals surface area contributed by atoms with Crippen LogP contribution in [0.25, 0.3) is 0 Å². The average Bonchev–Trinajstić information content (AvgIpc) is 2.79. The summed E-state index contributed by atoms with van der Waals surface area (Å²) in [5, 5.41) is 0. The summed E-state index contributed by atoms with van der Waals surface area (Å²) in [6.07, 6.45) is 1.96. The summed E-state index contributed by atoms with van der Waals surface area (Å²) < 4.78 is 27.5. The largest absolute Gasteiger partial charge is 0.338 e. The van der Waals surface area contributed by atoms with Crippen LogP contribution in [-0.4, -0.2) is 23.9 Å². The van der Waals surface area contributed by atoms with Crippen molar-refractivity contribution < 1.29 is 13.6 Å². The van der Waals surface area contributed by atoms with Crippen molar-refractivity contribution in [1.82, 2.24) is 4.90 Å². The minimum absolute atomic E-state index is 0.158. The van der Waals surface area contributed by atoms with E-state index in [4.69, 9.17) is 0 Å². The van der Waals surface area contributed by atoms with E-state index in [1.165, 1.54) is 6.92 Å². The maximum absolute atomic E-state index is 13.9. The van der Waals surface area contributed by atoms with E-state index in [1.807, 2.05) is 0 Å². The SMILES string of the molecule is Cc1cc(F)c(C(=O)N2CCC(CC(C)(C)C)C2)cc1F. The Balaban J connectivity index is 2.10. The number of aryl methyl sites for hydroxylation is 1. The molecule has 0 aliphatic carbocycles. The van der Waals surface area contributed by atoms with Crippen LogP contribution in [0.4, 0.5) is 8.78 Å². The number of rotatable bonds is 2. The Kier molecular flexibility index (Phi) is 4.35. The number of carbonyl (C=O) groups excluding carboxylic acids is 1. The van der Waals surface area contributed by atoms with Crippen molar-refractivity contribution in [2.24, 2.45) is 11.3 Å². The van der Waals surface area contributed by atoms with E-state index in [9.17, 15) is 13.6 Å². The molecule has 0 aromatic heterocycles. The number of carbonyl (C=O) groups is 1. The molecule has 1 fully saturated rings. The number of hydrogen-bond acceptors (Lipinski definition) is 1. The maximum Gasteiger partial charge on any atom is 0.256 e. The van der Waals surface area contributed by atoms with Crippen LogP contribution in [0.5, 0.6) is 0 Å². The fraction of sp³-hybridized carbons (Fsp3) is 0.588. The number of nitrogens with zero attached hydrogens (tertiary/aromatic N) is 1. The second-order valence-corrected chi connectivity index (χ2v) is 7.25. The predicted octanol–water partition coefficient (Wildman–Crippen LogP) is 4.17. The van der Waals surface area contributed by atoms with Crippen LogP contribution in [0.2, 0.25) is 0 Å². The summed E-state index contributed by atoms with van der Waals surface area (Å²) in [5.74, 6) is -1.14. The van der Waals surface area contributed by atoms with E-state index in [0.717, 1.165) is 25.0 Å². The molecule has 1 unspecified atom stereocenters. The molecule has 2 rings (SSSR count). The van der Waals surface area contributed by atoms with E-state index >= 15 is 0 Å². The van der Waals surface area contributed by atoms with Crippen molar-refractivity contribution in [3.63, 3.8) is 0 Å². The number of likely N-dealkylation sites (tertiary alicyclic amines) is 1. The summed E-state index contributed by atoms with van der Waals surface area (Å²) >= 11 is 0. The third kappa shape index (κ3) is 3.80. The van der Waals surface area contributed by atoms with Gasteiger partial charge in [0.05, 0.1) is 5.56 Å². The molecule has 0 bridgehead atoms. The molecule has 1 atom stereocenters. The molecule has 2 nitrogen and oxygen atoms in total. The Bertz CT molecular complexity index is 548. The van der Waals surface area contributed by atoms with Gasteiger partial charge in [-0.3, -0.25) is 4.79 Å². The Hall–Kier alpha value is -1.45. The first-order chi connectivity index (χ1) is 9.67. The molecule has 21 heavy (non-hydrogen) atoms. The summed E-state index contributed by atoms with van der Waals surface area (Å²) in [6.45, 7) is 9.26. The van der Waals surface area contributed by atoms with Gasteiger partial charge in [-0.25, -0.2) is 8.78 Å². The van der Waals surface area contributed by atoms with Crippen molar-refractivity contribution >= 4 is 5.91 Å². The number of amides is 1. The molecule has 4 heteroatoms. The molecule has 1 aromatic carbocycles. The summed E-state index contributed by atoms with van der Waals surface area (Å²) in [7, 11) is 0. The molecule has 0 spiro atoms. The Morgan fingerprint density at radius 1 is 1.29 bits per heavy atom. The third-order valence-electron chi connectivity index (χ3n) is 3.95. The van der Waals surface area contributed by atoms with Crippen LogP contribution in [0.1, 0.15) is 49.5 Å². The van der Waals surface area contributed by atoms with Crippen molar-refractivity contribution in [3.8, 4) is 0 Å². The topological polar surface area (TPSA) is 20.3 Å². The zero-order valence-corrected chi connectivity index (χ0v) is 13.2. The zero-order valence-electron chi connectivity index (χ0n) is 13.2. The highest BCUT2D eigenvalue weighted by Crippen LogP contribution is 2.31. The first kappa shape index (κ1) is 15.9. The van der Waals surface area contributed by atoms with Gasteiger partial charge in [0.25, 0.3) is 5.91 Å². The van der Waals surface area contributed by atoms with Gasteiger partial charge in [-0.1, -0.05) is 20.8 Å². The number of benzene rings is 1. The minimum atomic E-state index is -0.641. The van der Waals surface area contributed by atoms with E-state index in [1.54, 1.807) is 4.90 Å². The number of hydrogen-bond donors (Lipinski definition) is 0. The van der Waals surface area contributed by atoms with Gasteiger partial charge >= 0.3 is 0 Å². The third-order valence-corrected chi connectivity index (χ3v) is 3.95. The highest BCUT2D eigenvalue weighted by Gasteiger charge is 2.31. The summed E-state index contributed by atoms with van der Waals surface area (Å²) in [6, 6.07) is 2.11. The van der Waals surface area contributed by atoms with Crippen LogP contribution in [0.15, 0.2) is 12.1 Å². The van der Waals surface area contributed by atoms with Gasteiger partial charge in [0, 0.05) is 13.1 Å². The lowest BCUT2D eigenvalue weighted by atomic mass is 9.84. The quantitative estimate of drug-likeness (QED) is 0.802. The first-order valence-electron chi connectivity index (χ1n) is 7.42. The highest BCUT2D eigenvalue weighted by molar-refractivity contribution is 5.94. The average molecular weight is 295 g/mol. The molecule has 116 valence electrons. The van der Waals surface area contributed by atoms with E-state index < -0.39 is 17.5 Å². The van der Waals surface area contributed by atoms with Gasteiger partial charge in [0.1, 0.15) is 11.6 Å². The molecule has 1 aliphatic heterocycles. The summed E-state index contributed by atoms with van der Waals surface area (Å²) in [5.41, 5.74) is 0.274. The molecule has 0 radical (unpaired) electrons. The minimum Gasteiger partial charge on any atom is -0.338 e. The molecule has 1 heterocycles. The van der Waals surface area contributed by atoms with Gasteiger partial charge in [-0.2, -0.15) is 0 Å². The van der Waals surface area contributed by atoms with E-state index in [0.29, 0.717) is 19.0 Å². The standard InChI is InChI=1S/C17H23F2NO/c1-11-7-15(19)13(8-14(11)18)16(21)20-6-5-12(10-20)9-17(2,3)4/h7-8,12H,5-6,9-10H2,1-4H3. The Morgan fingerprint density at radius 2 is 1.95 bits per heavy atom. The molecule has 1 aromatic rings.